The summed E-state index contributed by atoms with van der Waals surface area (Å²) in [5.74, 6) is 1.00. The van der Waals surface area contributed by atoms with Crippen LogP contribution in [0.4, 0.5) is 10.7 Å². The lowest BCUT2D eigenvalue weighted by Gasteiger charge is -2.20. The molecule has 0 amide bonds. The smallest absolute Gasteiger partial charge is 0.174 e. The number of hydrogen-bond donors (Lipinski definition) is 1. The van der Waals surface area contributed by atoms with Crippen molar-refractivity contribution in [3.63, 3.8) is 0 Å². The van der Waals surface area contributed by atoms with E-state index in [0.717, 1.165) is 28.9 Å². The number of rotatable bonds is 6. The van der Waals surface area contributed by atoms with Gasteiger partial charge in [0.1, 0.15) is 0 Å². The lowest BCUT2D eigenvalue weighted by atomic mass is 10.2. The van der Waals surface area contributed by atoms with Crippen molar-refractivity contribution >= 4 is 27.8 Å². The van der Waals surface area contributed by atoms with E-state index in [0.29, 0.717) is 12.1 Å². The predicted octanol–water partition coefficient (Wildman–Crippen LogP) is 3.16. The highest BCUT2D eigenvalue weighted by atomic mass is 32.1. The molecule has 1 fully saturated rings. The first kappa shape index (κ1) is 12.4. The molecule has 0 radical (unpaired) electrons. The Morgan fingerprint density at radius 3 is 2.76 bits per heavy atom. The fraction of sp³-hybridized carbons (Fsp3) is 0.615. The molecule has 1 aromatic rings. The lowest BCUT2D eigenvalue weighted by molar-refractivity contribution is 0.0993. The number of hydrogen-bond acceptors (Lipinski definition) is 4. The van der Waals surface area contributed by atoms with Crippen molar-refractivity contribution in [3.05, 3.63) is 10.9 Å². The first-order valence-corrected chi connectivity index (χ1v) is 7.14. The molecule has 2 rings (SSSR count). The van der Waals surface area contributed by atoms with Gasteiger partial charge in [0.2, 0.25) is 0 Å². The van der Waals surface area contributed by atoms with Crippen LogP contribution < -0.4 is 10.6 Å². The van der Waals surface area contributed by atoms with Gasteiger partial charge in [-0.2, -0.15) is 0 Å². The van der Waals surface area contributed by atoms with Crippen LogP contribution in [0.3, 0.4) is 0 Å². The highest BCUT2D eigenvalue weighted by Gasteiger charge is 2.25. The van der Waals surface area contributed by atoms with Gasteiger partial charge in [-0.1, -0.05) is 6.92 Å². The van der Waals surface area contributed by atoms with Crippen molar-refractivity contribution in [2.75, 3.05) is 23.7 Å². The minimum absolute atomic E-state index is 0.154. The van der Waals surface area contributed by atoms with E-state index in [4.69, 9.17) is 5.73 Å². The minimum Gasteiger partial charge on any atom is -0.397 e. The highest BCUT2D eigenvalue weighted by Crippen LogP contribution is 2.36. The molecule has 1 aliphatic carbocycles. The molecule has 0 aromatic carbocycles. The standard InChI is InChI=1S/C13H20N2OS/c1-3-11(16)13-10(14)7-12(17-13)15(4-2)8-9-5-6-9/h7,9H,3-6,8,14H2,1-2H3. The number of carbonyl (C=O) groups excluding carboxylic acids is 1. The number of nitrogens with zero attached hydrogens (tertiary/aromatic N) is 1. The Hall–Kier alpha value is -1.03. The average molecular weight is 252 g/mol. The number of nitrogens with two attached hydrogens (primary N) is 1. The van der Waals surface area contributed by atoms with Crippen LogP contribution in [-0.4, -0.2) is 18.9 Å². The van der Waals surface area contributed by atoms with Gasteiger partial charge < -0.3 is 10.6 Å². The Bertz CT molecular complexity index is 410. The van der Waals surface area contributed by atoms with Crippen molar-refractivity contribution in [2.24, 2.45) is 5.92 Å². The molecule has 0 unspecified atom stereocenters. The molecular formula is C13H20N2OS. The zero-order valence-electron chi connectivity index (χ0n) is 10.5. The van der Waals surface area contributed by atoms with Crippen LogP contribution in [0.15, 0.2) is 6.07 Å². The topological polar surface area (TPSA) is 46.3 Å². The maximum absolute atomic E-state index is 11.7. The van der Waals surface area contributed by atoms with E-state index in [1.54, 1.807) is 11.3 Å². The van der Waals surface area contributed by atoms with Gasteiger partial charge >= 0.3 is 0 Å². The van der Waals surface area contributed by atoms with Crippen molar-refractivity contribution < 1.29 is 4.79 Å². The quantitative estimate of drug-likeness (QED) is 0.791. The predicted molar refractivity (Wildman–Crippen MR) is 74.0 cm³/mol. The Kier molecular flexibility index (Phi) is 3.72. The zero-order chi connectivity index (χ0) is 12.4. The second-order valence-electron chi connectivity index (χ2n) is 4.63. The van der Waals surface area contributed by atoms with Gasteiger partial charge in [0.15, 0.2) is 5.78 Å². The third-order valence-electron chi connectivity index (χ3n) is 3.19. The van der Waals surface area contributed by atoms with Gasteiger partial charge in [-0.3, -0.25) is 4.79 Å². The average Bonchev–Trinajstić information content (AvgIpc) is 3.07. The molecule has 1 saturated carbocycles. The molecule has 4 heteroatoms. The number of carbonyl (C=O) groups is 1. The maximum Gasteiger partial charge on any atom is 0.174 e. The fourth-order valence-electron chi connectivity index (χ4n) is 1.91. The van der Waals surface area contributed by atoms with Gasteiger partial charge in [0.25, 0.3) is 0 Å². The minimum atomic E-state index is 0.154. The van der Waals surface area contributed by atoms with E-state index in [9.17, 15) is 4.79 Å². The molecule has 94 valence electrons. The summed E-state index contributed by atoms with van der Waals surface area (Å²) in [4.78, 5) is 14.8. The molecule has 17 heavy (non-hydrogen) atoms. The third-order valence-corrected chi connectivity index (χ3v) is 4.44. The number of ketones is 1. The molecule has 0 atom stereocenters. The van der Waals surface area contributed by atoms with Gasteiger partial charge in [-0.25, -0.2) is 0 Å². The molecule has 1 heterocycles. The first-order valence-electron chi connectivity index (χ1n) is 6.33. The Balaban J connectivity index is 2.16. The van der Waals surface area contributed by atoms with Crippen LogP contribution in [0.2, 0.25) is 0 Å². The van der Waals surface area contributed by atoms with Crippen LogP contribution in [-0.2, 0) is 0 Å². The van der Waals surface area contributed by atoms with Crippen LogP contribution in [0.1, 0.15) is 42.8 Å². The number of Topliss-reactive ketones (excluding diaryl/α,β-unsaturated/α-hetero) is 1. The monoisotopic (exact) mass is 252 g/mol. The lowest BCUT2D eigenvalue weighted by Crippen LogP contribution is -2.24. The molecule has 0 bridgehead atoms. The second-order valence-corrected chi connectivity index (χ2v) is 5.66. The molecule has 0 aliphatic heterocycles. The molecule has 2 N–H and O–H groups in total. The molecule has 1 aliphatic rings. The summed E-state index contributed by atoms with van der Waals surface area (Å²) in [5, 5.41) is 1.15. The second kappa shape index (κ2) is 5.08. The first-order chi connectivity index (χ1) is 8.15. The largest absolute Gasteiger partial charge is 0.397 e. The van der Waals surface area contributed by atoms with E-state index in [1.165, 1.54) is 12.8 Å². The third kappa shape index (κ3) is 2.80. The number of nitrogen functional groups attached to an aromatic ring is 1. The van der Waals surface area contributed by atoms with Gasteiger partial charge in [0.05, 0.1) is 15.6 Å². The summed E-state index contributed by atoms with van der Waals surface area (Å²) >= 11 is 1.55. The summed E-state index contributed by atoms with van der Waals surface area (Å²) in [7, 11) is 0. The Labute approximate surface area is 107 Å². The summed E-state index contributed by atoms with van der Waals surface area (Å²) in [5.41, 5.74) is 6.56. The summed E-state index contributed by atoms with van der Waals surface area (Å²) in [6.07, 6.45) is 3.22. The molecule has 3 nitrogen and oxygen atoms in total. The van der Waals surface area contributed by atoms with Crippen molar-refractivity contribution in [2.45, 2.75) is 33.1 Å². The SMILES string of the molecule is CCC(=O)c1sc(N(CC)CC2CC2)cc1N. The Morgan fingerprint density at radius 2 is 2.24 bits per heavy atom. The summed E-state index contributed by atoms with van der Waals surface area (Å²) in [6, 6.07) is 1.96. The van der Waals surface area contributed by atoms with Gasteiger partial charge in [0, 0.05) is 19.5 Å². The summed E-state index contributed by atoms with van der Waals surface area (Å²) < 4.78 is 0. The highest BCUT2D eigenvalue weighted by molar-refractivity contribution is 7.18. The molecular weight excluding hydrogens is 232 g/mol. The van der Waals surface area contributed by atoms with Crippen LogP contribution in [0.5, 0.6) is 0 Å². The van der Waals surface area contributed by atoms with Crippen LogP contribution in [0, 0.1) is 5.92 Å². The molecule has 0 saturated heterocycles. The molecule has 1 aromatic heterocycles. The molecule has 0 spiro atoms. The zero-order valence-corrected chi connectivity index (χ0v) is 11.3. The fourth-order valence-corrected chi connectivity index (χ4v) is 3.08. The van der Waals surface area contributed by atoms with Crippen molar-refractivity contribution in [1.82, 2.24) is 0 Å². The van der Waals surface area contributed by atoms with Crippen molar-refractivity contribution in [1.29, 1.82) is 0 Å². The maximum atomic E-state index is 11.7. The number of anilines is 2. The van der Waals surface area contributed by atoms with E-state index in [1.807, 2.05) is 13.0 Å². The van der Waals surface area contributed by atoms with E-state index < -0.39 is 0 Å². The van der Waals surface area contributed by atoms with E-state index >= 15 is 0 Å². The van der Waals surface area contributed by atoms with Crippen LogP contribution in [0.25, 0.3) is 0 Å². The van der Waals surface area contributed by atoms with Crippen LogP contribution >= 0.6 is 11.3 Å². The normalized spacial score (nSPS) is 14.9. The van der Waals surface area contributed by atoms with Gasteiger partial charge in [-0.15, -0.1) is 11.3 Å². The van der Waals surface area contributed by atoms with E-state index in [2.05, 4.69) is 11.8 Å². The van der Waals surface area contributed by atoms with E-state index in [-0.39, 0.29) is 5.78 Å². The Morgan fingerprint density at radius 1 is 1.53 bits per heavy atom. The van der Waals surface area contributed by atoms with Crippen molar-refractivity contribution in [3.8, 4) is 0 Å². The number of thiophene rings is 1. The summed E-state index contributed by atoms with van der Waals surface area (Å²) in [6.45, 7) is 6.12. The van der Waals surface area contributed by atoms with Gasteiger partial charge in [-0.05, 0) is 31.7 Å².